The molecule has 0 saturated heterocycles. The fraction of sp³-hybridized carbons (Fsp3) is 0.222. The molecule has 4 aromatic rings. The molecule has 0 amide bonds. The van der Waals surface area contributed by atoms with Gasteiger partial charge in [0, 0.05) is 0 Å². The maximum absolute atomic E-state index is 5.35. The third-order valence-electron chi connectivity index (χ3n) is 4.22. The van der Waals surface area contributed by atoms with E-state index in [2.05, 4.69) is 47.5 Å². The molecule has 0 aliphatic carbocycles. The SMILES string of the molecule is COc1ccc2c(c1)sc(=[P+]=c1sc3cc(OC)ccc3n1C)n2C. The van der Waals surface area contributed by atoms with Crippen LogP contribution in [0, 0.1) is 8.77 Å². The van der Waals surface area contributed by atoms with Crippen LogP contribution < -0.4 is 9.47 Å². The molecule has 0 radical (unpaired) electrons. The quantitative estimate of drug-likeness (QED) is 0.422. The Morgan fingerprint density at radius 1 is 0.760 bits per heavy atom. The molecule has 7 heteroatoms. The Bertz CT molecular complexity index is 1150. The Morgan fingerprint density at radius 3 is 1.60 bits per heavy atom. The molecule has 0 N–H and O–H groups in total. The molecule has 2 heterocycles. The van der Waals surface area contributed by atoms with Crippen molar-refractivity contribution in [3.63, 3.8) is 0 Å². The molecule has 0 fully saturated rings. The average molecular weight is 389 g/mol. The summed E-state index contributed by atoms with van der Waals surface area (Å²) in [7, 11) is 8.88. The van der Waals surface area contributed by atoms with E-state index in [1.54, 1.807) is 14.2 Å². The summed E-state index contributed by atoms with van der Waals surface area (Å²) in [5, 5.41) is 0. The van der Waals surface area contributed by atoms with Crippen LogP contribution in [0.1, 0.15) is 0 Å². The molecular formula is C18H18N2O2PS2+. The summed E-state index contributed by atoms with van der Waals surface area (Å²) in [6.45, 7) is 0. The first kappa shape index (κ1) is 16.7. The van der Waals surface area contributed by atoms with Gasteiger partial charge in [0.05, 0.1) is 0 Å². The average Bonchev–Trinajstić information content (AvgIpc) is 3.11. The van der Waals surface area contributed by atoms with Gasteiger partial charge in [-0.25, -0.2) is 0 Å². The van der Waals surface area contributed by atoms with Crippen LogP contribution in [0.5, 0.6) is 11.5 Å². The molecule has 128 valence electrons. The molecule has 25 heavy (non-hydrogen) atoms. The summed E-state index contributed by atoms with van der Waals surface area (Å²) in [6, 6.07) is 12.5. The van der Waals surface area contributed by atoms with Crippen molar-refractivity contribution in [3.8, 4) is 11.5 Å². The van der Waals surface area contributed by atoms with Crippen LogP contribution in [0.2, 0.25) is 0 Å². The molecule has 4 rings (SSSR count). The van der Waals surface area contributed by atoms with Crippen LogP contribution in [0.3, 0.4) is 0 Å². The predicted octanol–water partition coefficient (Wildman–Crippen LogP) is 5.52. The van der Waals surface area contributed by atoms with Crippen molar-refractivity contribution >= 4 is 50.9 Å². The second-order valence-corrected chi connectivity index (χ2v) is 9.40. The fourth-order valence-corrected chi connectivity index (χ4v) is 6.94. The van der Waals surface area contributed by atoms with Gasteiger partial charge >= 0.3 is 155 Å². The normalized spacial score (nSPS) is 11.2. The van der Waals surface area contributed by atoms with Crippen LogP contribution >= 0.6 is 30.5 Å². The second-order valence-electron chi connectivity index (χ2n) is 5.67. The molecule has 0 spiro atoms. The van der Waals surface area contributed by atoms with E-state index >= 15 is 0 Å². The zero-order valence-electron chi connectivity index (χ0n) is 14.4. The monoisotopic (exact) mass is 389 g/mol. The molecule has 0 saturated carbocycles. The van der Waals surface area contributed by atoms with Gasteiger partial charge in [-0.05, 0) is 0 Å². The molecule has 2 aromatic carbocycles. The number of benzene rings is 2. The Kier molecular flexibility index (Phi) is 4.36. The summed E-state index contributed by atoms with van der Waals surface area (Å²) >= 11 is 3.63. The van der Waals surface area contributed by atoms with Crippen LogP contribution in [0.4, 0.5) is 0 Å². The summed E-state index contributed by atoms with van der Waals surface area (Å²) in [6.07, 6.45) is 0. The molecule has 0 aliphatic rings. The standard InChI is InChI=1S/C18H18N2O2PS2/c1-19-13-7-5-11(21-3)9-15(13)24-17(19)23-18-20(2)14-8-6-12(22-4)10-16(14)25-18/h5-10H,1-4H3/q+1. The van der Waals surface area contributed by atoms with Crippen molar-refractivity contribution in [2.75, 3.05) is 14.2 Å². The summed E-state index contributed by atoms with van der Waals surface area (Å²) in [4.78, 5) is 0. The Hall–Kier alpha value is -1.75. The Labute approximate surface area is 154 Å². The van der Waals surface area contributed by atoms with E-state index in [0.29, 0.717) is 0 Å². The van der Waals surface area contributed by atoms with Crippen LogP contribution in [0.15, 0.2) is 36.4 Å². The van der Waals surface area contributed by atoms with Gasteiger partial charge in [0.15, 0.2) is 0 Å². The first-order chi connectivity index (χ1) is 12.1. The number of fused-ring (bicyclic) bond motifs is 2. The molecule has 4 nitrogen and oxygen atoms in total. The van der Waals surface area contributed by atoms with Gasteiger partial charge in [-0.1, -0.05) is 0 Å². The third-order valence-corrected chi connectivity index (χ3v) is 8.31. The zero-order valence-corrected chi connectivity index (χ0v) is 17.0. The molecule has 0 unspecified atom stereocenters. The topological polar surface area (TPSA) is 28.3 Å². The van der Waals surface area contributed by atoms with E-state index in [9.17, 15) is 0 Å². The van der Waals surface area contributed by atoms with Crippen molar-refractivity contribution in [3.05, 3.63) is 45.2 Å². The Balaban J connectivity index is 2.07. The Morgan fingerprint density at radius 2 is 1.20 bits per heavy atom. The minimum absolute atomic E-state index is 0.900. The van der Waals surface area contributed by atoms with E-state index in [4.69, 9.17) is 9.47 Å². The van der Waals surface area contributed by atoms with Gasteiger partial charge in [-0.15, -0.1) is 0 Å². The van der Waals surface area contributed by atoms with E-state index in [1.165, 1.54) is 37.0 Å². The van der Waals surface area contributed by atoms with Gasteiger partial charge in [0.25, 0.3) is 0 Å². The number of hydrogen-bond acceptors (Lipinski definition) is 4. The van der Waals surface area contributed by atoms with Crippen molar-refractivity contribution < 1.29 is 9.47 Å². The number of ether oxygens (including phenoxy) is 2. The van der Waals surface area contributed by atoms with Gasteiger partial charge in [-0.3, -0.25) is 0 Å². The summed E-state index contributed by atoms with van der Waals surface area (Å²) in [5.74, 6) is 1.80. The van der Waals surface area contributed by atoms with Gasteiger partial charge in [0.1, 0.15) is 0 Å². The van der Waals surface area contributed by atoms with Crippen LogP contribution in [-0.4, -0.2) is 23.4 Å². The van der Waals surface area contributed by atoms with E-state index < -0.39 is 0 Å². The summed E-state index contributed by atoms with van der Waals surface area (Å²) < 4.78 is 20.3. The second kappa shape index (κ2) is 6.52. The minimum atomic E-state index is 0.900. The third kappa shape index (κ3) is 2.88. The summed E-state index contributed by atoms with van der Waals surface area (Å²) in [5.41, 5.74) is 2.47. The van der Waals surface area contributed by atoms with Gasteiger partial charge in [-0.2, -0.15) is 0 Å². The van der Waals surface area contributed by atoms with Crippen molar-refractivity contribution in [2.24, 2.45) is 14.1 Å². The van der Waals surface area contributed by atoms with E-state index in [1.807, 2.05) is 34.8 Å². The molecular weight excluding hydrogens is 371 g/mol. The first-order valence-electron chi connectivity index (χ1n) is 7.75. The fourth-order valence-electron chi connectivity index (χ4n) is 2.78. The molecule has 2 aromatic heterocycles. The van der Waals surface area contributed by atoms with Gasteiger partial charge in [0.2, 0.25) is 0 Å². The van der Waals surface area contributed by atoms with E-state index in [0.717, 1.165) is 11.5 Å². The van der Waals surface area contributed by atoms with Crippen molar-refractivity contribution in [1.82, 2.24) is 9.13 Å². The molecule has 0 bridgehead atoms. The number of thiazole rings is 2. The van der Waals surface area contributed by atoms with Crippen LogP contribution in [0.25, 0.3) is 20.4 Å². The van der Waals surface area contributed by atoms with Gasteiger partial charge < -0.3 is 0 Å². The number of aromatic nitrogens is 2. The molecule has 0 aliphatic heterocycles. The first-order valence-corrected chi connectivity index (χ1v) is 10.3. The van der Waals surface area contributed by atoms with Crippen molar-refractivity contribution in [2.45, 2.75) is 0 Å². The van der Waals surface area contributed by atoms with Crippen molar-refractivity contribution in [1.29, 1.82) is 0 Å². The predicted molar refractivity (Wildman–Crippen MR) is 108 cm³/mol. The zero-order chi connectivity index (χ0) is 17.6. The number of methoxy groups -OCH3 is 2. The van der Waals surface area contributed by atoms with E-state index in [-0.39, 0.29) is 0 Å². The number of hydrogen-bond donors (Lipinski definition) is 0. The number of aryl methyl sites for hydroxylation is 2. The number of nitrogens with zero attached hydrogens (tertiary/aromatic N) is 2. The number of rotatable bonds is 2. The molecule has 0 atom stereocenters. The van der Waals surface area contributed by atoms with Crippen LogP contribution in [-0.2, 0) is 14.1 Å². The maximum atomic E-state index is 5.35.